The van der Waals surface area contributed by atoms with E-state index in [1.807, 2.05) is 60.5 Å². The second kappa shape index (κ2) is 18.7. The molecule has 15 heteroatoms. The fourth-order valence-electron chi connectivity index (χ4n) is 3.47. The van der Waals surface area contributed by atoms with Gasteiger partial charge in [0.15, 0.2) is 0 Å². The van der Waals surface area contributed by atoms with Crippen LogP contribution in [0.2, 0.25) is 0 Å². The van der Waals surface area contributed by atoms with E-state index in [1.165, 1.54) is 0 Å². The summed E-state index contributed by atoms with van der Waals surface area (Å²) in [5.74, 6) is -1.89. The van der Waals surface area contributed by atoms with Crippen molar-refractivity contribution in [2.45, 2.75) is 31.5 Å². The van der Waals surface area contributed by atoms with Crippen molar-refractivity contribution in [2.75, 3.05) is 80.8 Å². The van der Waals surface area contributed by atoms with E-state index in [9.17, 15) is 24.0 Å². The molecule has 2 atom stereocenters. The zero-order valence-electron chi connectivity index (χ0n) is 26.0. The second-order valence-electron chi connectivity index (χ2n) is 12.1. The van der Waals surface area contributed by atoms with Gasteiger partial charge in [0.25, 0.3) is 0 Å². The van der Waals surface area contributed by atoms with Crippen LogP contribution in [-0.4, -0.2) is 132 Å². The van der Waals surface area contributed by atoms with Crippen LogP contribution in [0.5, 0.6) is 0 Å². The van der Waals surface area contributed by atoms with Crippen LogP contribution in [0, 0.1) is 0 Å². The Labute approximate surface area is 268 Å². The van der Waals surface area contributed by atoms with Crippen molar-refractivity contribution < 1.29 is 37.7 Å². The molecule has 0 bridgehead atoms. The third-order valence-electron chi connectivity index (χ3n) is 6.03. The normalized spacial score (nSPS) is 12.8. The van der Waals surface area contributed by atoms with Gasteiger partial charge in [-0.1, -0.05) is 34.1 Å². The lowest BCUT2D eigenvalue weighted by atomic mass is 10.1. The average Bonchev–Trinajstić information content (AvgIpc) is 2.90. The van der Waals surface area contributed by atoms with Crippen molar-refractivity contribution >= 4 is 58.3 Å². The topological polar surface area (TPSA) is 155 Å². The molecule has 0 aliphatic rings. The number of thiol groups is 1. The molecular formula is C28H48BrN7O6S+2. The lowest BCUT2D eigenvalue weighted by Gasteiger charge is -2.25. The Hall–Kier alpha value is -2.88. The van der Waals surface area contributed by atoms with Crippen molar-refractivity contribution in [2.24, 2.45) is 0 Å². The molecule has 0 unspecified atom stereocenters. The van der Waals surface area contributed by atoms with E-state index in [1.54, 1.807) is 6.07 Å². The summed E-state index contributed by atoms with van der Waals surface area (Å²) < 4.78 is 7.38. The number of amides is 5. The maximum Gasteiger partial charge on any atom is 0.408 e. The van der Waals surface area contributed by atoms with E-state index >= 15 is 0 Å². The van der Waals surface area contributed by atoms with Crippen molar-refractivity contribution in [3.05, 3.63) is 34.3 Å². The van der Waals surface area contributed by atoms with Gasteiger partial charge in [-0.3, -0.25) is 19.2 Å². The fraction of sp³-hybridized carbons (Fsp3) is 0.607. The number of quaternary nitrogens is 2. The maximum absolute atomic E-state index is 12.9. The van der Waals surface area contributed by atoms with Gasteiger partial charge < -0.3 is 40.3 Å². The van der Waals surface area contributed by atoms with Crippen LogP contribution in [0.4, 0.5) is 4.79 Å². The summed E-state index contributed by atoms with van der Waals surface area (Å²) in [6, 6.07) is 5.22. The highest BCUT2D eigenvalue weighted by molar-refractivity contribution is 9.10. The zero-order valence-corrected chi connectivity index (χ0v) is 28.5. The molecule has 0 aliphatic carbocycles. The standard InChI is InChI=1S/C28H46BrN7O6S/c1-35(2,3)15-13-30-25(38)17-32-27(40)23(19-43)33-24(37)12-11-22(26(39)31-14-16-36(4,5)6)34-28(41)42-18-20-9-7-8-10-21(20)29/h7-10,22-23H,11-19H2,1-6H3,(H4-2,30,31,32,33,34,37,38,39,40,41,43)/p+2/t22-,23-/m0/s1. The number of carbonyl (C=O) groups excluding carboxylic acids is 5. The molecule has 0 saturated heterocycles. The average molecular weight is 691 g/mol. The lowest BCUT2D eigenvalue weighted by Crippen LogP contribution is -2.52. The first kappa shape index (κ1) is 38.1. The van der Waals surface area contributed by atoms with E-state index in [4.69, 9.17) is 4.74 Å². The summed E-state index contributed by atoms with van der Waals surface area (Å²) in [6.45, 7) is 1.94. The Bertz CT molecular complexity index is 1090. The molecule has 0 radical (unpaired) electrons. The number of nitrogens with one attached hydrogen (secondary N) is 5. The number of halogens is 1. The molecule has 0 aliphatic heterocycles. The maximum atomic E-state index is 12.9. The monoisotopic (exact) mass is 689 g/mol. The van der Waals surface area contributed by atoms with E-state index in [2.05, 4.69) is 55.1 Å². The quantitative estimate of drug-likeness (QED) is 0.0943. The Kier molecular flexibility index (Phi) is 16.6. The number of likely N-dealkylation sites (N-methyl/N-ethyl adjacent to an activating group) is 2. The van der Waals surface area contributed by atoms with Crippen LogP contribution in [0.15, 0.2) is 28.7 Å². The molecule has 5 amide bonds. The predicted octanol–water partition coefficient (Wildman–Crippen LogP) is -0.000300. The number of carbonyl (C=O) groups is 5. The van der Waals surface area contributed by atoms with Crippen LogP contribution < -0.4 is 26.6 Å². The van der Waals surface area contributed by atoms with Gasteiger partial charge >= 0.3 is 6.09 Å². The molecule has 13 nitrogen and oxygen atoms in total. The highest BCUT2D eigenvalue weighted by Gasteiger charge is 2.25. The number of alkyl carbamates (subject to hydrolysis) is 1. The van der Waals surface area contributed by atoms with Gasteiger partial charge in [0.1, 0.15) is 18.7 Å². The Morgan fingerprint density at radius 1 is 0.814 bits per heavy atom. The number of hydrogen-bond donors (Lipinski definition) is 6. The molecule has 1 aromatic rings. The van der Waals surface area contributed by atoms with E-state index < -0.39 is 35.9 Å². The minimum atomic E-state index is -1.05. The minimum Gasteiger partial charge on any atom is -0.445 e. The highest BCUT2D eigenvalue weighted by atomic mass is 79.9. The van der Waals surface area contributed by atoms with E-state index in [-0.39, 0.29) is 37.7 Å². The summed E-state index contributed by atoms with van der Waals surface area (Å²) in [5.41, 5.74) is 0.749. The molecule has 1 rings (SSSR count). The van der Waals surface area contributed by atoms with Crippen molar-refractivity contribution in [3.63, 3.8) is 0 Å². The van der Waals surface area contributed by atoms with Crippen LogP contribution >= 0.6 is 28.6 Å². The Morgan fingerprint density at radius 2 is 1.40 bits per heavy atom. The SMILES string of the molecule is C[N+](C)(C)CCNC(=O)CNC(=O)[C@H](CS)NC(=O)CC[C@H](NC(=O)OCc1ccccc1Br)C(=O)NCC[N+](C)(C)C. The van der Waals surface area contributed by atoms with E-state index in [0.29, 0.717) is 28.6 Å². The molecule has 0 aromatic heterocycles. The fourth-order valence-corrected chi connectivity index (χ4v) is 4.13. The molecule has 242 valence electrons. The molecular weight excluding hydrogens is 642 g/mol. The van der Waals surface area contributed by atoms with Crippen LogP contribution in [0.1, 0.15) is 18.4 Å². The summed E-state index contributed by atoms with van der Waals surface area (Å²) >= 11 is 7.55. The lowest BCUT2D eigenvalue weighted by molar-refractivity contribution is -0.869. The summed E-state index contributed by atoms with van der Waals surface area (Å²) in [6.07, 6.45) is -1.02. The summed E-state index contributed by atoms with van der Waals surface area (Å²) in [7, 11) is 12.0. The summed E-state index contributed by atoms with van der Waals surface area (Å²) in [5, 5.41) is 13.1. The van der Waals surface area contributed by atoms with Gasteiger partial charge in [-0.2, -0.15) is 12.6 Å². The van der Waals surface area contributed by atoms with E-state index in [0.717, 1.165) is 16.6 Å². The number of ether oxygens (including phenoxy) is 1. The van der Waals surface area contributed by atoms with Crippen molar-refractivity contribution in [1.29, 1.82) is 0 Å². The molecule has 0 saturated carbocycles. The molecule has 0 spiro atoms. The van der Waals surface area contributed by atoms with Gasteiger partial charge in [-0.15, -0.1) is 0 Å². The number of nitrogens with zero attached hydrogens (tertiary/aromatic N) is 2. The van der Waals surface area contributed by atoms with Gasteiger partial charge in [0.05, 0.1) is 75.0 Å². The highest BCUT2D eigenvalue weighted by Crippen LogP contribution is 2.16. The largest absolute Gasteiger partial charge is 0.445 e. The smallest absolute Gasteiger partial charge is 0.408 e. The third-order valence-corrected chi connectivity index (χ3v) is 7.17. The predicted molar refractivity (Wildman–Crippen MR) is 171 cm³/mol. The van der Waals surface area contributed by atoms with Gasteiger partial charge in [0.2, 0.25) is 23.6 Å². The Morgan fingerprint density at radius 3 is 1.98 bits per heavy atom. The van der Waals surface area contributed by atoms with Crippen molar-refractivity contribution in [3.8, 4) is 0 Å². The molecule has 0 fully saturated rings. The van der Waals surface area contributed by atoms with Crippen LogP contribution in [0.3, 0.4) is 0 Å². The third kappa shape index (κ3) is 17.7. The molecule has 43 heavy (non-hydrogen) atoms. The summed E-state index contributed by atoms with van der Waals surface area (Å²) in [4.78, 5) is 62.8. The first-order chi connectivity index (χ1) is 20.0. The molecule has 0 heterocycles. The van der Waals surface area contributed by atoms with Gasteiger partial charge in [-0.05, 0) is 12.5 Å². The zero-order chi connectivity index (χ0) is 32.6. The minimum absolute atomic E-state index is 0.00468. The van der Waals surface area contributed by atoms with Crippen molar-refractivity contribution in [1.82, 2.24) is 26.6 Å². The number of hydrogen-bond acceptors (Lipinski definition) is 7. The first-order valence-electron chi connectivity index (χ1n) is 14.0. The Balaban J connectivity index is 2.68. The second-order valence-corrected chi connectivity index (χ2v) is 13.3. The van der Waals surface area contributed by atoms with Crippen LogP contribution in [0.25, 0.3) is 0 Å². The first-order valence-corrected chi connectivity index (χ1v) is 15.4. The molecule has 1 aromatic carbocycles. The number of benzene rings is 1. The van der Waals surface area contributed by atoms with Gasteiger partial charge in [0, 0.05) is 22.2 Å². The number of rotatable bonds is 18. The van der Waals surface area contributed by atoms with Crippen LogP contribution in [-0.2, 0) is 30.5 Å². The van der Waals surface area contributed by atoms with Gasteiger partial charge in [-0.25, -0.2) is 4.79 Å². The molecule has 5 N–H and O–H groups in total.